The molecule has 146 valence electrons. The molecule has 0 saturated heterocycles. The normalized spacial score (nSPS) is 14.9. The van der Waals surface area contributed by atoms with Crippen LogP contribution in [-0.4, -0.2) is 21.4 Å². The number of halogens is 1. The predicted octanol–water partition coefficient (Wildman–Crippen LogP) is 5.76. The van der Waals surface area contributed by atoms with E-state index in [0.29, 0.717) is 12.3 Å². The van der Waals surface area contributed by atoms with Gasteiger partial charge in [-0.1, -0.05) is 43.0 Å². The van der Waals surface area contributed by atoms with E-state index in [1.165, 1.54) is 19.3 Å². The quantitative estimate of drug-likeness (QED) is 0.531. The Balaban J connectivity index is 1.57. The number of aromatic nitrogens is 1. The lowest BCUT2D eigenvalue weighted by Gasteiger charge is -2.34. The van der Waals surface area contributed by atoms with Crippen molar-refractivity contribution in [1.29, 1.82) is 0 Å². The van der Waals surface area contributed by atoms with Crippen molar-refractivity contribution in [3.05, 3.63) is 83.0 Å². The minimum Gasteiger partial charge on any atom is -0.459 e. The molecule has 4 nitrogen and oxygen atoms in total. The molecule has 0 aliphatic heterocycles. The molecule has 3 aromatic rings. The van der Waals surface area contributed by atoms with E-state index in [9.17, 15) is 4.79 Å². The zero-order valence-corrected chi connectivity index (χ0v) is 16.6. The summed E-state index contributed by atoms with van der Waals surface area (Å²) in [6.07, 6.45) is 9.35. The minimum atomic E-state index is -0.0209. The standard InChI is InChI=1S/C23H25ClN2O2/c24-19-8-4-7-18(15-19)16-25-13-5-11-21(25)17-26(20-9-2-1-3-10-20)23(27)22-12-6-14-28-22/h4-8,11-15,20H,1-3,9-10,16-17H2. The molecule has 0 N–H and O–H groups in total. The van der Waals surface area contributed by atoms with Gasteiger partial charge in [-0.3, -0.25) is 4.79 Å². The van der Waals surface area contributed by atoms with Crippen LogP contribution in [0.25, 0.3) is 0 Å². The minimum absolute atomic E-state index is 0.0209. The largest absolute Gasteiger partial charge is 0.459 e. The Morgan fingerprint density at radius 3 is 2.71 bits per heavy atom. The van der Waals surface area contributed by atoms with Crippen molar-refractivity contribution in [3.8, 4) is 0 Å². The SMILES string of the molecule is O=C(c1ccco1)N(Cc1cccn1Cc1cccc(Cl)c1)C1CCCCC1. The van der Waals surface area contributed by atoms with Crippen molar-refractivity contribution in [2.24, 2.45) is 0 Å². The summed E-state index contributed by atoms with van der Waals surface area (Å²) in [6.45, 7) is 1.31. The van der Waals surface area contributed by atoms with E-state index in [1.54, 1.807) is 18.4 Å². The Morgan fingerprint density at radius 1 is 1.11 bits per heavy atom. The molecule has 2 heterocycles. The van der Waals surface area contributed by atoms with Crippen molar-refractivity contribution in [2.75, 3.05) is 0 Å². The number of hydrogen-bond donors (Lipinski definition) is 0. The summed E-state index contributed by atoms with van der Waals surface area (Å²) >= 11 is 6.14. The van der Waals surface area contributed by atoms with Crippen molar-refractivity contribution in [1.82, 2.24) is 9.47 Å². The van der Waals surface area contributed by atoms with E-state index in [1.807, 2.05) is 29.2 Å². The summed E-state index contributed by atoms with van der Waals surface area (Å²) in [6, 6.07) is 15.8. The van der Waals surface area contributed by atoms with E-state index in [4.69, 9.17) is 16.0 Å². The van der Waals surface area contributed by atoms with Crippen LogP contribution in [0, 0.1) is 0 Å². The molecule has 0 spiro atoms. The zero-order chi connectivity index (χ0) is 19.3. The maximum Gasteiger partial charge on any atom is 0.290 e. The maximum atomic E-state index is 13.2. The lowest BCUT2D eigenvalue weighted by molar-refractivity contribution is 0.0576. The average molecular weight is 397 g/mol. The number of carbonyl (C=O) groups is 1. The zero-order valence-electron chi connectivity index (χ0n) is 15.9. The van der Waals surface area contributed by atoms with Gasteiger partial charge in [-0.25, -0.2) is 0 Å². The summed E-state index contributed by atoms with van der Waals surface area (Å²) in [4.78, 5) is 15.2. The molecule has 1 aliphatic carbocycles. The number of nitrogens with zero attached hydrogens (tertiary/aromatic N) is 2. The van der Waals surface area contributed by atoms with Crippen molar-refractivity contribution < 1.29 is 9.21 Å². The number of carbonyl (C=O) groups excluding carboxylic acids is 1. The molecule has 0 bridgehead atoms. The predicted molar refractivity (Wildman–Crippen MR) is 110 cm³/mol. The third-order valence-electron chi connectivity index (χ3n) is 5.51. The van der Waals surface area contributed by atoms with Crippen molar-refractivity contribution in [3.63, 3.8) is 0 Å². The molecule has 28 heavy (non-hydrogen) atoms. The van der Waals surface area contributed by atoms with Gasteiger partial charge in [-0.05, 0) is 54.8 Å². The second-order valence-corrected chi connectivity index (χ2v) is 7.90. The Kier molecular flexibility index (Phi) is 5.87. The van der Waals surface area contributed by atoms with Crippen LogP contribution in [0.2, 0.25) is 5.02 Å². The Bertz CT molecular complexity index is 910. The van der Waals surface area contributed by atoms with Crippen LogP contribution in [-0.2, 0) is 13.1 Å². The highest BCUT2D eigenvalue weighted by Crippen LogP contribution is 2.26. The van der Waals surface area contributed by atoms with Gasteiger partial charge in [-0.2, -0.15) is 0 Å². The third kappa shape index (κ3) is 4.33. The van der Waals surface area contributed by atoms with Gasteiger partial charge in [0.2, 0.25) is 0 Å². The Labute approximate surface area is 170 Å². The van der Waals surface area contributed by atoms with Gasteiger partial charge in [0.1, 0.15) is 0 Å². The van der Waals surface area contributed by atoms with Crippen LogP contribution in [0.15, 0.2) is 65.4 Å². The smallest absolute Gasteiger partial charge is 0.290 e. The third-order valence-corrected chi connectivity index (χ3v) is 5.74. The van der Waals surface area contributed by atoms with Crippen LogP contribution in [0.1, 0.15) is 53.9 Å². The fraction of sp³-hybridized carbons (Fsp3) is 0.348. The topological polar surface area (TPSA) is 38.4 Å². The van der Waals surface area contributed by atoms with E-state index >= 15 is 0 Å². The maximum absolute atomic E-state index is 13.2. The summed E-state index contributed by atoms with van der Waals surface area (Å²) in [5.41, 5.74) is 2.26. The molecule has 1 aliphatic rings. The first-order valence-electron chi connectivity index (χ1n) is 9.93. The van der Waals surface area contributed by atoms with Crippen LogP contribution in [0.5, 0.6) is 0 Å². The molecule has 0 radical (unpaired) electrons. The fourth-order valence-corrected chi connectivity index (χ4v) is 4.27. The monoisotopic (exact) mass is 396 g/mol. The van der Waals surface area contributed by atoms with Crippen LogP contribution in [0.3, 0.4) is 0 Å². The fourth-order valence-electron chi connectivity index (χ4n) is 4.06. The van der Waals surface area contributed by atoms with Crippen LogP contribution >= 0.6 is 11.6 Å². The first kappa shape index (κ1) is 18.9. The van der Waals surface area contributed by atoms with Gasteiger partial charge in [-0.15, -0.1) is 0 Å². The molecule has 0 unspecified atom stereocenters. The second kappa shape index (κ2) is 8.70. The van der Waals surface area contributed by atoms with Crippen LogP contribution in [0.4, 0.5) is 0 Å². The highest BCUT2D eigenvalue weighted by atomic mass is 35.5. The van der Waals surface area contributed by atoms with E-state index < -0.39 is 0 Å². The molecule has 0 atom stereocenters. The first-order valence-corrected chi connectivity index (χ1v) is 10.3. The summed E-state index contributed by atoms with van der Waals surface area (Å²) in [5.74, 6) is 0.394. The summed E-state index contributed by atoms with van der Waals surface area (Å²) in [5, 5.41) is 0.739. The molecule has 2 aromatic heterocycles. The highest BCUT2D eigenvalue weighted by molar-refractivity contribution is 6.30. The van der Waals surface area contributed by atoms with Gasteiger partial charge in [0.15, 0.2) is 5.76 Å². The Hall–Kier alpha value is -2.46. The average Bonchev–Trinajstić information content (AvgIpc) is 3.39. The first-order chi connectivity index (χ1) is 13.7. The van der Waals surface area contributed by atoms with Crippen molar-refractivity contribution in [2.45, 2.75) is 51.2 Å². The van der Waals surface area contributed by atoms with Crippen molar-refractivity contribution >= 4 is 17.5 Å². The van der Waals surface area contributed by atoms with Gasteiger partial charge in [0, 0.05) is 29.5 Å². The molecule has 5 heteroatoms. The molecule has 4 rings (SSSR count). The lowest BCUT2D eigenvalue weighted by Crippen LogP contribution is -2.41. The van der Waals surface area contributed by atoms with Gasteiger partial charge >= 0.3 is 0 Å². The van der Waals surface area contributed by atoms with E-state index in [2.05, 4.69) is 22.9 Å². The second-order valence-electron chi connectivity index (χ2n) is 7.46. The summed E-state index contributed by atoms with van der Waals surface area (Å²) < 4.78 is 7.60. The highest BCUT2D eigenvalue weighted by Gasteiger charge is 2.28. The van der Waals surface area contributed by atoms with Gasteiger partial charge in [0.25, 0.3) is 5.91 Å². The number of hydrogen-bond acceptors (Lipinski definition) is 2. The molecule has 1 amide bonds. The molecule has 1 saturated carbocycles. The molecular weight excluding hydrogens is 372 g/mol. The molecular formula is C23H25ClN2O2. The Morgan fingerprint density at radius 2 is 1.96 bits per heavy atom. The summed E-state index contributed by atoms with van der Waals surface area (Å²) in [7, 11) is 0. The van der Waals surface area contributed by atoms with Gasteiger partial charge < -0.3 is 13.9 Å². The number of benzene rings is 1. The number of amides is 1. The lowest BCUT2D eigenvalue weighted by atomic mass is 9.94. The van der Waals surface area contributed by atoms with E-state index in [-0.39, 0.29) is 11.9 Å². The molecule has 1 fully saturated rings. The van der Waals surface area contributed by atoms with E-state index in [0.717, 1.165) is 35.7 Å². The number of rotatable bonds is 6. The number of furan rings is 1. The van der Waals surface area contributed by atoms with Gasteiger partial charge in [0.05, 0.1) is 12.8 Å². The van der Waals surface area contributed by atoms with Crippen LogP contribution < -0.4 is 0 Å². The molecule has 1 aromatic carbocycles.